The highest BCUT2D eigenvalue weighted by Crippen LogP contribution is 2.16. The predicted molar refractivity (Wildman–Crippen MR) is 71.0 cm³/mol. The fraction of sp³-hybridized carbons (Fsp3) is 0.538. The van der Waals surface area contributed by atoms with Crippen LogP contribution in [0, 0.1) is 0 Å². The quantitative estimate of drug-likeness (QED) is 0.873. The van der Waals surface area contributed by atoms with Crippen molar-refractivity contribution in [2.45, 2.75) is 25.3 Å². The van der Waals surface area contributed by atoms with Gasteiger partial charge in [0.25, 0.3) is 0 Å². The molecular formula is C13H21ClN2. The Balaban J connectivity index is 0.00000128. The second kappa shape index (κ2) is 6.89. The maximum absolute atomic E-state index is 5.75. The van der Waals surface area contributed by atoms with Crippen LogP contribution in [0.15, 0.2) is 30.3 Å². The largest absolute Gasteiger partial charge is 0.329 e. The molecule has 0 bridgehead atoms. The molecule has 0 saturated carbocycles. The van der Waals surface area contributed by atoms with Gasteiger partial charge in [0, 0.05) is 19.1 Å². The fourth-order valence-electron chi connectivity index (χ4n) is 2.37. The first-order valence-corrected chi connectivity index (χ1v) is 5.88. The van der Waals surface area contributed by atoms with Crippen LogP contribution in [0.25, 0.3) is 0 Å². The minimum absolute atomic E-state index is 0. The van der Waals surface area contributed by atoms with Gasteiger partial charge < -0.3 is 5.73 Å². The van der Waals surface area contributed by atoms with Crippen LogP contribution in [0.1, 0.15) is 18.4 Å². The molecule has 1 atom stereocenters. The highest BCUT2D eigenvalue weighted by Gasteiger charge is 2.22. The fourth-order valence-corrected chi connectivity index (χ4v) is 2.37. The topological polar surface area (TPSA) is 29.3 Å². The second-order valence-corrected chi connectivity index (χ2v) is 4.30. The van der Waals surface area contributed by atoms with Crippen LogP contribution in [-0.2, 0) is 6.42 Å². The second-order valence-electron chi connectivity index (χ2n) is 4.30. The Hall–Kier alpha value is -0.570. The molecule has 0 aromatic heterocycles. The van der Waals surface area contributed by atoms with Crippen molar-refractivity contribution >= 4 is 12.4 Å². The smallest absolute Gasteiger partial charge is 0.0219 e. The van der Waals surface area contributed by atoms with Gasteiger partial charge in [-0.05, 0) is 31.4 Å². The van der Waals surface area contributed by atoms with Crippen molar-refractivity contribution in [2.24, 2.45) is 5.73 Å². The van der Waals surface area contributed by atoms with Crippen molar-refractivity contribution < 1.29 is 0 Å². The van der Waals surface area contributed by atoms with E-state index in [-0.39, 0.29) is 12.4 Å². The molecule has 16 heavy (non-hydrogen) atoms. The molecule has 1 heterocycles. The van der Waals surface area contributed by atoms with Crippen LogP contribution in [0.3, 0.4) is 0 Å². The van der Waals surface area contributed by atoms with E-state index >= 15 is 0 Å². The molecule has 0 aliphatic carbocycles. The molecule has 1 aromatic carbocycles. The van der Waals surface area contributed by atoms with Gasteiger partial charge in [-0.3, -0.25) is 4.90 Å². The van der Waals surface area contributed by atoms with Crippen LogP contribution in [0.2, 0.25) is 0 Å². The summed E-state index contributed by atoms with van der Waals surface area (Å²) in [5, 5.41) is 0. The third-order valence-corrected chi connectivity index (χ3v) is 3.30. The van der Waals surface area contributed by atoms with E-state index < -0.39 is 0 Å². The van der Waals surface area contributed by atoms with E-state index in [2.05, 4.69) is 35.2 Å². The van der Waals surface area contributed by atoms with Gasteiger partial charge in [-0.15, -0.1) is 12.4 Å². The lowest BCUT2D eigenvalue weighted by Gasteiger charge is -2.22. The van der Waals surface area contributed by atoms with E-state index in [0.29, 0.717) is 6.04 Å². The Morgan fingerprint density at radius 1 is 1.25 bits per heavy atom. The van der Waals surface area contributed by atoms with E-state index in [1.54, 1.807) is 0 Å². The van der Waals surface area contributed by atoms with E-state index in [9.17, 15) is 0 Å². The van der Waals surface area contributed by atoms with Gasteiger partial charge in [0.1, 0.15) is 0 Å². The van der Waals surface area contributed by atoms with Crippen LogP contribution in [0.4, 0.5) is 0 Å². The van der Waals surface area contributed by atoms with Gasteiger partial charge in [0.2, 0.25) is 0 Å². The summed E-state index contributed by atoms with van der Waals surface area (Å²) in [6.45, 7) is 3.20. The number of nitrogens with zero attached hydrogens (tertiary/aromatic N) is 1. The monoisotopic (exact) mass is 240 g/mol. The van der Waals surface area contributed by atoms with Crippen molar-refractivity contribution in [2.75, 3.05) is 19.6 Å². The zero-order valence-corrected chi connectivity index (χ0v) is 10.5. The van der Waals surface area contributed by atoms with Crippen LogP contribution in [-0.4, -0.2) is 30.6 Å². The first kappa shape index (κ1) is 13.5. The predicted octanol–water partition coefficient (Wildman–Crippen LogP) is 2.07. The van der Waals surface area contributed by atoms with Gasteiger partial charge >= 0.3 is 0 Å². The molecule has 90 valence electrons. The van der Waals surface area contributed by atoms with Crippen molar-refractivity contribution in [1.82, 2.24) is 4.90 Å². The molecule has 3 heteroatoms. The maximum atomic E-state index is 5.75. The van der Waals surface area contributed by atoms with Gasteiger partial charge in [0.15, 0.2) is 0 Å². The van der Waals surface area contributed by atoms with Crippen LogP contribution >= 0.6 is 12.4 Å². The summed E-state index contributed by atoms with van der Waals surface area (Å²) in [4.78, 5) is 2.53. The molecule has 0 radical (unpaired) electrons. The van der Waals surface area contributed by atoms with Crippen LogP contribution < -0.4 is 5.73 Å². The van der Waals surface area contributed by atoms with Crippen LogP contribution in [0.5, 0.6) is 0 Å². The van der Waals surface area contributed by atoms with Gasteiger partial charge in [-0.1, -0.05) is 30.3 Å². The molecule has 2 N–H and O–H groups in total. The van der Waals surface area contributed by atoms with Gasteiger partial charge in [-0.25, -0.2) is 0 Å². The van der Waals surface area contributed by atoms with Crippen molar-refractivity contribution in [3.8, 4) is 0 Å². The minimum atomic E-state index is 0. The Bertz CT molecular complexity index is 289. The molecule has 1 fully saturated rings. The molecule has 1 unspecified atom stereocenters. The minimum Gasteiger partial charge on any atom is -0.329 e. The summed E-state index contributed by atoms with van der Waals surface area (Å²) in [5.41, 5.74) is 7.18. The van der Waals surface area contributed by atoms with Crippen molar-refractivity contribution in [1.29, 1.82) is 0 Å². The summed E-state index contributed by atoms with van der Waals surface area (Å²) in [6, 6.07) is 11.3. The summed E-state index contributed by atoms with van der Waals surface area (Å²) >= 11 is 0. The van der Waals surface area contributed by atoms with E-state index in [4.69, 9.17) is 5.73 Å². The normalized spacial score (nSPS) is 20.7. The van der Waals surface area contributed by atoms with Gasteiger partial charge in [-0.2, -0.15) is 0 Å². The third-order valence-electron chi connectivity index (χ3n) is 3.30. The summed E-state index contributed by atoms with van der Waals surface area (Å²) in [5.74, 6) is 0. The standard InChI is InChI=1S/C13H20N2.ClH/c14-11-13-7-4-9-15(13)10-8-12-5-2-1-3-6-12;/h1-3,5-6,13H,4,7-11,14H2;1H. The lowest BCUT2D eigenvalue weighted by atomic mass is 10.1. The lowest BCUT2D eigenvalue weighted by molar-refractivity contribution is 0.262. The first-order chi connectivity index (χ1) is 7.40. The lowest BCUT2D eigenvalue weighted by Crippen LogP contribution is -2.36. The summed E-state index contributed by atoms with van der Waals surface area (Å²) < 4.78 is 0. The molecule has 1 aromatic rings. The highest BCUT2D eigenvalue weighted by atomic mass is 35.5. The number of likely N-dealkylation sites (tertiary alicyclic amines) is 1. The Morgan fingerprint density at radius 2 is 2.00 bits per heavy atom. The molecule has 0 amide bonds. The molecule has 2 rings (SSSR count). The zero-order valence-electron chi connectivity index (χ0n) is 9.64. The third kappa shape index (κ3) is 3.48. The molecule has 1 aliphatic heterocycles. The average Bonchev–Trinajstić information content (AvgIpc) is 2.75. The van der Waals surface area contributed by atoms with E-state index in [0.717, 1.165) is 19.5 Å². The molecule has 0 spiro atoms. The SMILES string of the molecule is Cl.NCC1CCCN1CCc1ccccc1. The first-order valence-electron chi connectivity index (χ1n) is 5.88. The number of benzene rings is 1. The zero-order chi connectivity index (χ0) is 10.5. The number of hydrogen-bond acceptors (Lipinski definition) is 2. The molecule has 2 nitrogen and oxygen atoms in total. The number of halogens is 1. The van der Waals surface area contributed by atoms with E-state index in [1.807, 2.05) is 0 Å². The average molecular weight is 241 g/mol. The number of nitrogens with two attached hydrogens (primary N) is 1. The van der Waals surface area contributed by atoms with Crippen molar-refractivity contribution in [3.63, 3.8) is 0 Å². The summed E-state index contributed by atoms with van der Waals surface area (Å²) in [7, 11) is 0. The van der Waals surface area contributed by atoms with E-state index in [1.165, 1.54) is 24.9 Å². The molecule has 1 aliphatic rings. The van der Waals surface area contributed by atoms with Gasteiger partial charge in [0.05, 0.1) is 0 Å². The number of rotatable bonds is 4. The molecule has 1 saturated heterocycles. The summed E-state index contributed by atoms with van der Waals surface area (Å²) in [6.07, 6.45) is 3.75. The van der Waals surface area contributed by atoms with Crippen molar-refractivity contribution in [3.05, 3.63) is 35.9 Å². The highest BCUT2D eigenvalue weighted by molar-refractivity contribution is 5.85. The number of hydrogen-bond donors (Lipinski definition) is 1. The Kier molecular flexibility index (Phi) is 5.81. The molecular weight excluding hydrogens is 220 g/mol. The Labute approximate surface area is 104 Å². The maximum Gasteiger partial charge on any atom is 0.0219 e. The Morgan fingerprint density at radius 3 is 2.69 bits per heavy atom.